The Kier molecular flexibility index (Phi) is 40.2. The summed E-state index contributed by atoms with van der Waals surface area (Å²) >= 11 is 0. The molecule has 0 spiro atoms. The predicted octanol–water partition coefficient (Wildman–Crippen LogP) is 1.16. The molecule has 0 aliphatic heterocycles. The summed E-state index contributed by atoms with van der Waals surface area (Å²) in [6.45, 7) is 12.3. The molecule has 114 valence electrons. The fraction of sp³-hybridized carbons (Fsp3) is 0.250. The zero-order valence-electron chi connectivity index (χ0n) is 11.4. The summed E-state index contributed by atoms with van der Waals surface area (Å²) in [5.74, 6) is -2.94. The molecule has 0 unspecified atom stereocenters. The number of aliphatic hydroxyl groups is 1. The molecule has 8 heteroatoms. The van der Waals surface area contributed by atoms with Gasteiger partial charge in [0.2, 0.25) is 0 Å². The second kappa shape index (κ2) is 26.0. The maximum Gasteiger partial charge on any atom is 0.327 e. The van der Waals surface area contributed by atoms with Crippen LogP contribution in [0.2, 0.25) is 0 Å². The normalized spacial score (nSPS) is 6.60. The molecular formula is C12H20O7Ti. The predicted molar refractivity (Wildman–Crippen MR) is 70.9 cm³/mol. The van der Waals surface area contributed by atoms with E-state index in [9.17, 15) is 14.4 Å². The van der Waals surface area contributed by atoms with Gasteiger partial charge in [-0.05, 0) is 13.8 Å². The molecule has 0 amide bonds. The molecule has 0 aliphatic rings. The average Bonchev–Trinajstić information content (AvgIpc) is 2.29. The third kappa shape index (κ3) is 206. The van der Waals surface area contributed by atoms with Gasteiger partial charge >= 0.3 is 17.9 Å². The number of hydrogen-bond acceptors (Lipinski definition) is 4. The third-order valence-corrected chi connectivity index (χ3v) is 0.524. The number of carboxylic acid groups (broad SMARTS) is 3. The fourth-order valence-electron chi connectivity index (χ4n) is 0. The van der Waals surface area contributed by atoms with Gasteiger partial charge in [-0.3, -0.25) is 0 Å². The summed E-state index contributed by atoms with van der Waals surface area (Å²) in [4.78, 5) is 27.8. The smallest absolute Gasteiger partial charge is 0.327 e. The topological polar surface area (TPSA) is 132 Å². The summed E-state index contributed by atoms with van der Waals surface area (Å²) < 4.78 is 0. The first-order valence-electron chi connectivity index (χ1n) is 4.79. The van der Waals surface area contributed by atoms with Crippen LogP contribution < -0.4 is 0 Å². The first-order chi connectivity index (χ1) is 8.54. The van der Waals surface area contributed by atoms with Gasteiger partial charge in [0.05, 0.1) is 0 Å². The number of hydrogen-bond donors (Lipinski definition) is 4. The van der Waals surface area contributed by atoms with Crippen LogP contribution in [0.5, 0.6) is 0 Å². The number of rotatable bonds is 3. The van der Waals surface area contributed by atoms with E-state index in [2.05, 4.69) is 19.7 Å². The van der Waals surface area contributed by atoms with Crippen molar-refractivity contribution in [3.63, 3.8) is 0 Å². The van der Waals surface area contributed by atoms with Crippen LogP contribution in [0.3, 0.4) is 0 Å². The van der Waals surface area contributed by atoms with Crippen LogP contribution >= 0.6 is 0 Å². The minimum Gasteiger partial charge on any atom is -0.478 e. The van der Waals surface area contributed by atoms with Crippen molar-refractivity contribution in [2.45, 2.75) is 20.0 Å². The van der Waals surface area contributed by atoms with Crippen LogP contribution in [-0.4, -0.2) is 44.4 Å². The molecule has 20 heavy (non-hydrogen) atoms. The molecule has 0 aromatic heterocycles. The van der Waals surface area contributed by atoms with Crippen molar-refractivity contribution in [1.82, 2.24) is 0 Å². The number of carbonyl (C=O) groups is 3. The Hall–Kier alpha value is -1.70. The monoisotopic (exact) mass is 324 g/mol. The van der Waals surface area contributed by atoms with Gasteiger partial charge in [0.1, 0.15) is 0 Å². The van der Waals surface area contributed by atoms with E-state index in [4.69, 9.17) is 20.4 Å². The summed E-state index contributed by atoms with van der Waals surface area (Å²) in [6, 6.07) is 0. The Balaban J connectivity index is -0.0000000494. The molecular weight excluding hydrogens is 304 g/mol. The zero-order valence-corrected chi connectivity index (χ0v) is 13.0. The van der Waals surface area contributed by atoms with Crippen molar-refractivity contribution < 1.29 is 56.5 Å². The Labute approximate surface area is 132 Å². The van der Waals surface area contributed by atoms with Gasteiger partial charge in [-0.15, -0.1) is 0 Å². The molecule has 0 fully saturated rings. The van der Waals surface area contributed by atoms with Crippen molar-refractivity contribution in [1.29, 1.82) is 0 Å². The summed E-state index contributed by atoms with van der Waals surface area (Å²) in [5, 5.41) is 30.9. The second-order valence-electron chi connectivity index (χ2n) is 2.72. The quantitative estimate of drug-likeness (QED) is 0.452. The second-order valence-corrected chi connectivity index (χ2v) is 2.72. The molecule has 0 heterocycles. The maximum atomic E-state index is 9.25. The number of aliphatic hydroxyl groups excluding tert-OH is 1. The Morgan fingerprint density at radius 1 is 0.800 bits per heavy atom. The van der Waals surface area contributed by atoms with E-state index >= 15 is 0 Å². The van der Waals surface area contributed by atoms with Crippen LogP contribution in [0.25, 0.3) is 0 Å². The van der Waals surface area contributed by atoms with Gasteiger partial charge in [0.15, 0.2) is 0 Å². The summed E-state index contributed by atoms with van der Waals surface area (Å²) in [6.07, 6.45) is 2.33. The van der Waals surface area contributed by atoms with E-state index in [0.717, 1.165) is 18.2 Å². The molecule has 0 rings (SSSR count). The molecule has 0 saturated heterocycles. The molecule has 0 aromatic carbocycles. The Morgan fingerprint density at radius 3 is 0.850 bits per heavy atom. The van der Waals surface area contributed by atoms with Gasteiger partial charge in [0, 0.05) is 46.0 Å². The van der Waals surface area contributed by atoms with Gasteiger partial charge in [-0.25, -0.2) is 14.4 Å². The average molecular weight is 324 g/mol. The fourth-order valence-corrected chi connectivity index (χ4v) is 0. The SMILES string of the molecule is C=CC(=O)O.C=CC(=O)O.C=CC(=O)O.CC(C)O.[Ti]. The van der Waals surface area contributed by atoms with Crippen molar-refractivity contribution in [2.24, 2.45) is 0 Å². The van der Waals surface area contributed by atoms with Crippen molar-refractivity contribution in [2.75, 3.05) is 0 Å². The van der Waals surface area contributed by atoms with Gasteiger partial charge < -0.3 is 20.4 Å². The Bertz CT molecular complexity index is 253. The van der Waals surface area contributed by atoms with Gasteiger partial charge in [-0.1, -0.05) is 19.7 Å². The van der Waals surface area contributed by atoms with Crippen LogP contribution in [-0.2, 0) is 36.1 Å². The molecule has 0 saturated carbocycles. The van der Waals surface area contributed by atoms with E-state index in [0.29, 0.717) is 0 Å². The molecule has 0 radical (unpaired) electrons. The van der Waals surface area contributed by atoms with Gasteiger partial charge in [-0.2, -0.15) is 0 Å². The summed E-state index contributed by atoms with van der Waals surface area (Å²) in [5.41, 5.74) is 0. The first-order valence-corrected chi connectivity index (χ1v) is 4.79. The molecule has 4 N–H and O–H groups in total. The Morgan fingerprint density at radius 2 is 0.850 bits per heavy atom. The number of carboxylic acids is 3. The van der Waals surface area contributed by atoms with Crippen LogP contribution in [0, 0.1) is 0 Å². The molecule has 0 bridgehead atoms. The molecule has 0 aliphatic carbocycles. The van der Waals surface area contributed by atoms with E-state index in [-0.39, 0.29) is 27.8 Å². The van der Waals surface area contributed by atoms with E-state index < -0.39 is 17.9 Å². The first kappa shape index (κ1) is 31.0. The molecule has 0 aromatic rings. The van der Waals surface area contributed by atoms with Crippen molar-refractivity contribution >= 4 is 17.9 Å². The van der Waals surface area contributed by atoms with Crippen molar-refractivity contribution in [3.05, 3.63) is 38.0 Å². The van der Waals surface area contributed by atoms with Crippen LogP contribution in [0.1, 0.15) is 13.8 Å². The largest absolute Gasteiger partial charge is 0.478 e. The molecule has 7 nitrogen and oxygen atoms in total. The van der Waals surface area contributed by atoms with E-state index in [1.54, 1.807) is 13.8 Å². The van der Waals surface area contributed by atoms with Gasteiger partial charge in [0.25, 0.3) is 0 Å². The summed E-state index contributed by atoms with van der Waals surface area (Å²) in [7, 11) is 0. The van der Waals surface area contributed by atoms with E-state index in [1.165, 1.54) is 0 Å². The third-order valence-electron chi connectivity index (χ3n) is 0.524. The molecule has 0 atom stereocenters. The minimum absolute atomic E-state index is 0. The minimum atomic E-state index is -0.981. The van der Waals surface area contributed by atoms with Crippen molar-refractivity contribution in [3.8, 4) is 0 Å². The van der Waals surface area contributed by atoms with E-state index in [1.807, 2.05) is 0 Å². The standard InChI is InChI=1S/3C3H4O2.C3H8O.Ti/c3*1-2-3(4)5;1-3(2)4;/h3*2H,1H2,(H,4,5);3-4H,1-2H3;. The maximum absolute atomic E-state index is 9.25. The van der Waals surface area contributed by atoms with Crippen LogP contribution in [0.15, 0.2) is 38.0 Å². The number of aliphatic carboxylic acids is 3. The van der Waals surface area contributed by atoms with Crippen LogP contribution in [0.4, 0.5) is 0 Å². The zero-order chi connectivity index (χ0) is 16.4.